The van der Waals surface area contributed by atoms with Gasteiger partial charge in [-0.2, -0.15) is 14.0 Å². The smallest absolute Gasteiger partial charge is 0.387 e. The lowest BCUT2D eigenvalue weighted by molar-refractivity contribution is -0.0498. The number of nitrogens with zero attached hydrogens (tertiary/aromatic N) is 3. The second kappa shape index (κ2) is 7.54. The number of hydrogen-bond donors (Lipinski definition) is 0. The van der Waals surface area contributed by atoms with Crippen LogP contribution in [0.4, 0.5) is 8.78 Å². The number of halogens is 2. The van der Waals surface area contributed by atoms with Crippen LogP contribution in [0.2, 0.25) is 0 Å². The molecule has 0 unspecified atom stereocenters. The maximum Gasteiger partial charge on any atom is 0.387 e. The van der Waals surface area contributed by atoms with Crippen molar-refractivity contribution < 1.29 is 13.5 Å². The number of fused-ring (bicyclic) bond motifs is 1. The van der Waals surface area contributed by atoms with E-state index in [9.17, 15) is 13.6 Å². The molecule has 3 rings (SSSR count). The maximum atomic E-state index is 13.0. The van der Waals surface area contributed by atoms with Gasteiger partial charge in [0.1, 0.15) is 5.75 Å². The lowest BCUT2D eigenvalue weighted by Crippen LogP contribution is -2.22. The Morgan fingerprint density at radius 2 is 1.88 bits per heavy atom. The van der Waals surface area contributed by atoms with E-state index in [0.717, 1.165) is 11.8 Å². The number of nitriles is 1. The summed E-state index contributed by atoms with van der Waals surface area (Å²) in [6.45, 7) is -1.22. The van der Waals surface area contributed by atoms with Gasteiger partial charge in [-0.15, -0.1) is 0 Å². The molecule has 1 aromatic heterocycles. The Bertz CT molecular complexity index is 1030. The van der Waals surface area contributed by atoms with E-state index >= 15 is 0 Å². The van der Waals surface area contributed by atoms with Crippen molar-refractivity contribution >= 4 is 22.7 Å². The highest BCUT2D eigenvalue weighted by atomic mass is 32.2. The Morgan fingerprint density at radius 3 is 2.54 bits per heavy atom. The van der Waals surface area contributed by atoms with Crippen LogP contribution in [-0.4, -0.2) is 21.4 Å². The van der Waals surface area contributed by atoms with Gasteiger partial charge in [-0.3, -0.25) is 9.36 Å². The fraction of sp³-hybridized carbons (Fsp3) is 0.167. The van der Waals surface area contributed by atoms with E-state index in [-0.39, 0.29) is 11.3 Å². The summed E-state index contributed by atoms with van der Waals surface area (Å²) in [6.07, 6.45) is 0. The van der Waals surface area contributed by atoms with Gasteiger partial charge in [0.25, 0.3) is 5.56 Å². The zero-order valence-electron chi connectivity index (χ0n) is 13.6. The van der Waals surface area contributed by atoms with E-state index in [4.69, 9.17) is 5.26 Å². The minimum absolute atomic E-state index is 0.00913. The van der Waals surface area contributed by atoms with Crippen LogP contribution in [0.5, 0.6) is 5.75 Å². The van der Waals surface area contributed by atoms with Crippen molar-refractivity contribution in [2.24, 2.45) is 0 Å². The molecule has 0 aliphatic rings. The zero-order valence-corrected chi connectivity index (χ0v) is 14.4. The number of aromatic nitrogens is 2. The molecule has 2 aromatic carbocycles. The van der Waals surface area contributed by atoms with Gasteiger partial charge in [0.05, 0.1) is 27.9 Å². The second-order valence-electron chi connectivity index (χ2n) is 5.31. The van der Waals surface area contributed by atoms with Crippen LogP contribution in [0.25, 0.3) is 16.6 Å². The molecule has 5 nitrogen and oxygen atoms in total. The SMILES string of the molecule is C[C@H](C#N)Sc1nc2ccccc2c(=O)n1-c1ccc(OC(F)F)cc1. The van der Waals surface area contributed by atoms with Crippen LogP contribution in [0.3, 0.4) is 0 Å². The predicted molar refractivity (Wildman–Crippen MR) is 94.9 cm³/mol. The molecule has 0 aliphatic heterocycles. The van der Waals surface area contributed by atoms with Crippen molar-refractivity contribution in [3.8, 4) is 17.5 Å². The Hall–Kier alpha value is -2.92. The lowest BCUT2D eigenvalue weighted by atomic mass is 10.2. The first kappa shape index (κ1) is 17.9. The Morgan fingerprint density at radius 1 is 1.19 bits per heavy atom. The molecule has 26 heavy (non-hydrogen) atoms. The van der Waals surface area contributed by atoms with Crippen LogP contribution in [0, 0.1) is 11.3 Å². The summed E-state index contributed by atoms with van der Waals surface area (Å²) in [4.78, 5) is 17.5. The highest BCUT2D eigenvalue weighted by molar-refractivity contribution is 8.00. The molecule has 1 heterocycles. The molecule has 0 bridgehead atoms. The van der Waals surface area contributed by atoms with Gasteiger partial charge < -0.3 is 4.74 Å². The van der Waals surface area contributed by atoms with Crippen LogP contribution in [-0.2, 0) is 0 Å². The number of rotatable bonds is 5. The predicted octanol–water partition coefficient (Wildman–Crippen LogP) is 3.99. The molecular formula is C18H13F2N3O2S. The third-order valence-electron chi connectivity index (χ3n) is 3.53. The van der Waals surface area contributed by atoms with Crippen molar-refractivity contribution in [3.05, 3.63) is 58.9 Å². The molecule has 0 N–H and O–H groups in total. The molecule has 8 heteroatoms. The van der Waals surface area contributed by atoms with Gasteiger partial charge >= 0.3 is 6.61 Å². The molecule has 0 aliphatic carbocycles. The number of para-hydroxylation sites is 1. The average Bonchev–Trinajstić information content (AvgIpc) is 2.62. The van der Waals surface area contributed by atoms with Crippen LogP contribution >= 0.6 is 11.8 Å². The van der Waals surface area contributed by atoms with E-state index in [2.05, 4.69) is 15.8 Å². The zero-order chi connectivity index (χ0) is 18.7. The summed E-state index contributed by atoms with van der Waals surface area (Å²) in [7, 11) is 0. The molecule has 0 saturated heterocycles. The minimum Gasteiger partial charge on any atom is -0.435 e. The van der Waals surface area contributed by atoms with Gasteiger partial charge in [0.15, 0.2) is 5.16 Å². The van der Waals surface area contributed by atoms with Crippen molar-refractivity contribution in [2.75, 3.05) is 0 Å². The van der Waals surface area contributed by atoms with E-state index in [0.29, 0.717) is 21.7 Å². The molecule has 0 spiro atoms. The molecule has 132 valence electrons. The Kier molecular flexibility index (Phi) is 5.19. The first-order chi connectivity index (χ1) is 12.5. The maximum absolute atomic E-state index is 13.0. The molecule has 1 atom stereocenters. The highest BCUT2D eigenvalue weighted by Gasteiger charge is 2.16. The normalized spacial score (nSPS) is 12.1. The van der Waals surface area contributed by atoms with Crippen LogP contribution < -0.4 is 10.3 Å². The number of ether oxygens (including phenoxy) is 1. The van der Waals surface area contributed by atoms with Gasteiger partial charge in [-0.05, 0) is 43.3 Å². The van der Waals surface area contributed by atoms with Gasteiger partial charge in [-0.25, -0.2) is 4.98 Å². The Balaban J connectivity index is 2.16. The van der Waals surface area contributed by atoms with Crippen molar-refractivity contribution in [3.63, 3.8) is 0 Å². The molecule has 0 saturated carbocycles. The van der Waals surface area contributed by atoms with Crippen molar-refractivity contribution in [1.82, 2.24) is 9.55 Å². The van der Waals surface area contributed by atoms with Crippen LogP contribution in [0.15, 0.2) is 58.5 Å². The Labute approximate surface area is 151 Å². The number of benzene rings is 2. The topological polar surface area (TPSA) is 67.9 Å². The van der Waals surface area contributed by atoms with Gasteiger partial charge in [0, 0.05) is 0 Å². The third-order valence-corrected chi connectivity index (χ3v) is 4.47. The lowest BCUT2D eigenvalue weighted by Gasteiger charge is -2.14. The first-order valence-corrected chi connectivity index (χ1v) is 8.51. The average molecular weight is 373 g/mol. The number of alkyl halides is 2. The number of thioether (sulfide) groups is 1. The van der Waals surface area contributed by atoms with E-state index in [1.807, 2.05) is 0 Å². The number of hydrogen-bond acceptors (Lipinski definition) is 5. The third kappa shape index (κ3) is 3.68. The molecule has 0 radical (unpaired) electrons. The fourth-order valence-electron chi connectivity index (χ4n) is 2.38. The second-order valence-corrected chi connectivity index (χ2v) is 6.62. The molecular weight excluding hydrogens is 360 g/mol. The van der Waals surface area contributed by atoms with Gasteiger partial charge in [0.2, 0.25) is 0 Å². The molecule has 3 aromatic rings. The summed E-state index contributed by atoms with van der Waals surface area (Å²) in [5.41, 5.74) is 0.673. The summed E-state index contributed by atoms with van der Waals surface area (Å²) in [5.74, 6) is -0.00913. The standard InChI is InChI=1S/C18H13F2N3O2S/c1-11(10-21)26-18-22-15-5-3-2-4-14(15)16(24)23(18)12-6-8-13(9-7-12)25-17(19)20/h2-9,11,17H,1H3/t11-/m1/s1. The van der Waals surface area contributed by atoms with E-state index in [1.54, 1.807) is 31.2 Å². The quantitative estimate of drug-likeness (QED) is 0.500. The van der Waals surface area contributed by atoms with E-state index in [1.165, 1.54) is 28.8 Å². The van der Waals surface area contributed by atoms with Crippen molar-refractivity contribution in [2.45, 2.75) is 23.9 Å². The highest BCUT2D eigenvalue weighted by Crippen LogP contribution is 2.25. The molecule has 0 fully saturated rings. The minimum atomic E-state index is -2.92. The summed E-state index contributed by atoms with van der Waals surface area (Å²) in [6, 6.07) is 14.7. The monoisotopic (exact) mass is 373 g/mol. The van der Waals surface area contributed by atoms with Crippen LogP contribution in [0.1, 0.15) is 6.92 Å². The molecule has 0 amide bonds. The summed E-state index contributed by atoms with van der Waals surface area (Å²) < 4.78 is 30.3. The summed E-state index contributed by atoms with van der Waals surface area (Å²) in [5, 5.41) is 9.44. The van der Waals surface area contributed by atoms with Crippen molar-refractivity contribution in [1.29, 1.82) is 5.26 Å². The first-order valence-electron chi connectivity index (χ1n) is 7.63. The fourth-order valence-corrected chi connectivity index (χ4v) is 3.19. The largest absolute Gasteiger partial charge is 0.435 e. The van der Waals surface area contributed by atoms with Gasteiger partial charge in [-0.1, -0.05) is 23.9 Å². The van der Waals surface area contributed by atoms with E-state index < -0.39 is 11.9 Å². The summed E-state index contributed by atoms with van der Waals surface area (Å²) >= 11 is 1.15.